The fraction of sp³-hybridized carbons (Fsp3) is 0.200. The van der Waals surface area contributed by atoms with Gasteiger partial charge in [0.05, 0.1) is 6.20 Å². The summed E-state index contributed by atoms with van der Waals surface area (Å²) in [6.45, 7) is 0.615. The normalized spacial score (nSPS) is 10.3. The second kappa shape index (κ2) is 4.89. The molecule has 0 aliphatic carbocycles. The molecule has 0 amide bonds. The van der Waals surface area contributed by atoms with Crippen molar-refractivity contribution in [3.8, 4) is 0 Å². The summed E-state index contributed by atoms with van der Waals surface area (Å²) in [4.78, 5) is 7.33. The Balaban J connectivity index is 1.92. The molecule has 2 aromatic heterocycles. The van der Waals surface area contributed by atoms with Gasteiger partial charge in [-0.1, -0.05) is 0 Å². The van der Waals surface area contributed by atoms with Gasteiger partial charge in [-0.2, -0.15) is 16.3 Å². The number of hydrogen-bond acceptors (Lipinski definition) is 5. The zero-order chi connectivity index (χ0) is 11.4. The second-order valence-corrected chi connectivity index (χ2v) is 4.01. The molecule has 0 aromatic carbocycles. The molecule has 6 heteroatoms. The quantitative estimate of drug-likeness (QED) is 0.854. The molecule has 0 aliphatic heterocycles. The van der Waals surface area contributed by atoms with Crippen LogP contribution in [-0.4, -0.2) is 16.5 Å². The molecule has 0 aliphatic rings. The SMILES string of the molecule is Nc1ncc(F)c(NCCc2ccsc2)n1. The zero-order valence-corrected chi connectivity index (χ0v) is 9.30. The number of thiophene rings is 1. The summed E-state index contributed by atoms with van der Waals surface area (Å²) < 4.78 is 13.2. The van der Waals surface area contributed by atoms with E-state index in [-0.39, 0.29) is 11.8 Å². The summed E-state index contributed by atoms with van der Waals surface area (Å²) in [5.41, 5.74) is 6.59. The van der Waals surface area contributed by atoms with Crippen LogP contribution in [0.15, 0.2) is 23.0 Å². The molecule has 16 heavy (non-hydrogen) atoms. The number of nitrogens with two attached hydrogens (primary N) is 1. The molecule has 4 nitrogen and oxygen atoms in total. The first-order chi connectivity index (χ1) is 7.75. The number of halogens is 1. The van der Waals surface area contributed by atoms with Crippen molar-refractivity contribution in [2.24, 2.45) is 0 Å². The Bertz CT molecular complexity index is 458. The molecule has 0 bridgehead atoms. The molecule has 84 valence electrons. The van der Waals surface area contributed by atoms with Gasteiger partial charge in [-0.05, 0) is 28.8 Å². The highest BCUT2D eigenvalue weighted by atomic mass is 32.1. The lowest BCUT2D eigenvalue weighted by molar-refractivity contribution is 0.617. The summed E-state index contributed by atoms with van der Waals surface area (Å²) in [5.74, 6) is -0.262. The number of hydrogen-bond donors (Lipinski definition) is 2. The van der Waals surface area contributed by atoms with Gasteiger partial charge in [0, 0.05) is 6.54 Å². The summed E-state index contributed by atoms with van der Waals surface area (Å²) >= 11 is 1.64. The predicted molar refractivity (Wildman–Crippen MR) is 62.9 cm³/mol. The third-order valence-corrected chi connectivity index (χ3v) is 2.78. The molecule has 2 rings (SSSR count). The van der Waals surface area contributed by atoms with Crippen LogP contribution in [0.25, 0.3) is 0 Å². The summed E-state index contributed by atoms with van der Waals surface area (Å²) in [7, 11) is 0. The Hall–Kier alpha value is -1.69. The van der Waals surface area contributed by atoms with Gasteiger partial charge in [0.25, 0.3) is 0 Å². The van der Waals surface area contributed by atoms with E-state index in [9.17, 15) is 4.39 Å². The van der Waals surface area contributed by atoms with Crippen molar-refractivity contribution in [2.45, 2.75) is 6.42 Å². The molecule has 0 saturated heterocycles. The Morgan fingerprint density at radius 1 is 1.50 bits per heavy atom. The number of rotatable bonds is 4. The minimum Gasteiger partial charge on any atom is -0.368 e. The Morgan fingerprint density at radius 3 is 3.12 bits per heavy atom. The lowest BCUT2D eigenvalue weighted by atomic mass is 10.2. The minimum atomic E-state index is -0.487. The van der Waals surface area contributed by atoms with Gasteiger partial charge in [0.2, 0.25) is 5.95 Å². The molecule has 0 spiro atoms. The van der Waals surface area contributed by atoms with E-state index in [0.717, 1.165) is 12.6 Å². The van der Waals surface area contributed by atoms with Gasteiger partial charge >= 0.3 is 0 Å². The fourth-order valence-electron chi connectivity index (χ4n) is 1.26. The van der Waals surface area contributed by atoms with Gasteiger partial charge in [0.15, 0.2) is 11.6 Å². The molecule has 0 unspecified atom stereocenters. The first-order valence-corrected chi connectivity index (χ1v) is 5.73. The van der Waals surface area contributed by atoms with Crippen molar-refractivity contribution in [1.82, 2.24) is 9.97 Å². The van der Waals surface area contributed by atoms with Crippen LogP contribution in [0.1, 0.15) is 5.56 Å². The van der Waals surface area contributed by atoms with E-state index in [1.54, 1.807) is 11.3 Å². The molecule has 0 fully saturated rings. The van der Waals surface area contributed by atoms with E-state index in [4.69, 9.17) is 5.73 Å². The van der Waals surface area contributed by atoms with E-state index in [0.29, 0.717) is 6.54 Å². The van der Waals surface area contributed by atoms with Crippen LogP contribution in [0.5, 0.6) is 0 Å². The number of nitrogens with one attached hydrogen (secondary N) is 1. The van der Waals surface area contributed by atoms with Crippen molar-refractivity contribution < 1.29 is 4.39 Å². The van der Waals surface area contributed by atoms with Crippen LogP contribution >= 0.6 is 11.3 Å². The first kappa shape index (κ1) is 10.8. The monoisotopic (exact) mass is 238 g/mol. The third-order valence-electron chi connectivity index (χ3n) is 2.05. The molecule has 0 saturated carbocycles. The van der Waals surface area contributed by atoms with Gasteiger partial charge in [-0.25, -0.2) is 9.37 Å². The average Bonchev–Trinajstić information content (AvgIpc) is 2.76. The highest BCUT2D eigenvalue weighted by molar-refractivity contribution is 7.07. The van der Waals surface area contributed by atoms with Crippen molar-refractivity contribution in [3.05, 3.63) is 34.4 Å². The standard InChI is InChI=1S/C10H11FN4S/c11-8-5-14-10(12)15-9(8)13-3-1-7-2-4-16-6-7/h2,4-6H,1,3H2,(H3,12,13,14,15). The molecule has 2 heterocycles. The topological polar surface area (TPSA) is 63.8 Å². The van der Waals surface area contributed by atoms with E-state index in [2.05, 4.69) is 20.7 Å². The summed E-state index contributed by atoms with van der Waals surface area (Å²) in [5, 5.41) is 6.96. The van der Waals surface area contributed by atoms with Gasteiger partial charge in [0.1, 0.15) is 0 Å². The Labute approximate surface area is 96.4 Å². The third kappa shape index (κ3) is 2.66. The first-order valence-electron chi connectivity index (χ1n) is 4.78. The van der Waals surface area contributed by atoms with E-state index in [1.807, 2.05) is 11.4 Å². The molecule has 2 aromatic rings. The van der Waals surface area contributed by atoms with Crippen LogP contribution in [0.4, 0.5) is 16.2 Å². The van der Waals surface area contributed by atoms with Crippen LogP contribution in [-0.2, 0) is 6.42 Å². The number of nitrogen functional groups attached to an aromatic ring is 1. The van der Waals surface area contributed by atoms with Gasteiger partial charge < -0.3 is 11.1 Å². The van der Waals surface area contributed by atoms with Crippen LogP contribution in [0.2, 0.25) is 0 Å². The van der Waals surface area contributed by atoms with Crippen LogP contribution in [0.3, 0.4) is 0 Å². The molecule has 0 atom stereocenters. The lowest BCUT2D eigenvalue weighted by Crippen LogP contribution is -2.09. The van der Waals surface area contributed by atoms with Crippen LogP contribution < -0.4 is 11.1 Å². The highest BCUT2D eigenvalue weighted by Gasteiger charge is 2.04. The van der Waals surface area contributed by atoms with Gasteiger partial charge in [-0.15, -0.1) is 0 Å². The molecule has 0 radical (unpaired) electrons. The van der Waals surface area contributed by atoms with Crippen molar-refractivity contribution in [2.75, 3.05) is 17.6 Å². The van der Waals surface area contributed by atoms with Crippen molar-refractivity contribution in [1.29, 1.82) is 0 Å². The fourth-order valence-corrected chi connectivity index (χ4v) is 1.97. The number of nitrogens with zero attached hydrogens (tertiary/aromatic N) is 2. The second-order valence-electron chi connectivity index (χ2n) is 3.23. The largest absolute Gasteiger partial charge is 0.368 e. The Kier molecular flexibility index (Phi) is 3.31. The maximum atomic E-state index is 13.2. The lowest BCUT2D eigenvalue weighted by Gasteiger charge is -2.05. The van der Waals surface area contributed by atoms with Crippen LogP contribution in [0, 0.1) is 5.82 Å². The number of anilines is 2. The average molecular weight is 238 g/mol. The van der Waals surface area contributed by atoms with E-state index in [1.165, 1.54) is 5.56 Å². The highest BCUT2D eigenvalue weighted by Crippen LogP contribution is 2.11. The summed E-state index contributed by atoms with van der Waals surface area (Å²) in [6, 6.07) is 2.04. The Morgan fingerprint density at radius 2 is 2.38 bits per heavy atom. The van der Waals surface area contributed by atoms with E-state index < -0.39 is 5.82 Å². The summed E-state index contributed by atoms with van der Waals surface area (Å²) in [6.07, 6.45) is 1.89. The molecule has 3 N–H and O–H groups in total. The van der Waals surface area contributed by atoms with E-state index >= 15 is 0 Å². The zero-order valence-electron chi connectivity index (χ0n) is 8.48. The molecular weight excluding hydrogens is 227 g/mol. The maximum absolute atomic E-state index is 13.2. The maximum Gasteiger partial charge on any atom is 0.222 e. The minimum absolute atomic E-state index is 0.0689. The van der Waals surface area contributed by atoms with Crippen molar-refractivity contribution >= 4 is 23.1 Å². The predicted octanol–water partition coefficient (Wildman–Crippen LogP) is 1.91. The molecular formula is C10H11FN4S. The van der Waals surface area contributed by atoms with Gasteiger partial charge in [-0.3, -0.25) is 0 Å². The number of aromatic nitrogens is 2. The van der Waals surface area contributed by atoms with Crippen molar-refractivity contribution in [3.63, 3.8) is 0 Å². The smallest absolute Gasteiger partial charge is 0.222 e.